The van der Waals surface area contributed by atoms with Crippen LogP contribution in [0.15, 0.2) is 48.5 Å². The summed E-state index contributed by atoms with van der Waals surface area (Å²) < 4.78 is 5.70. The number of nitrogens with zero attached hydrogens (tertiary/aromatic N) is 3. The van der Waals surface area contributed by atoms with Gasteiger partial charge in [0.15, 0.2) is 6.61 Å². The van der Waals surface area contributed by atoms with Crippen molar-refractivity contribution in [3.8, 4) is 5.75 Å². The number of benzene rings is 2. The van der Waals surface area contributed by atoms with Crippen molar-refractivity contribution in [3.63, 3.8) is 0 Å². The van der Waals surface area contributed by atoms with E-state index in [0.717, 1.165) is 36.1 Å². The molecule has 4 N–H and O–H groups in total. The zero-order valence-corrected chi connectivity index (χ0v) is 33.1. The molecule has 0 unspecified atom stereocenters. The lowest BCUT2D eigenvalue weighted by Crippen LogP contribution is -2.62. The highest BCUT2D eigenvalue weighted by Gasteiger charge is 2.57. The molecule has 4 aliphatic rings. The second-order valence-electron chi connectivity index (χ2n) is 17.3. The average Bonchev–Trinajstić information content (AvgIpc) is 3.46. The molecule has 11 heteroatoms. The number of carboxylic acids is 1. The summed E-state index contributed by atoms with van der Waals surface area (Å²) in [6, 6.07) is 15.4. The first-order valence-electron chi connectivity index (χ1n) is 19.5. The van der Waals surface area contributed by atoms with Gasteiger partial charge in [-0.05, 0) is 86.6 Å². The van der Waals surface area contributed by atoms with Crippen LogP contribution in [0.2, 0.25) is 0 Å². The van der Waals surface area contributed by atoms with Gasteiger partial charge in [0.2, 0.25) is 5.91 Å². The molecule has 4 fully saturated rings. The highest BCUT2D eigenvalue weighted by Crippen LogP contribution is 2.61. The smallest absolute Gasteiger partial charge is 0.341 e. The Bertz CT molecular complexity index is 1520. The Kier molecular flexibility index (Phi) is 13.7. The van der Waals surface area contributed by atoms with Crippen molar-refractivity contribution in [2.75, 3.05) is 33.9 Å². The van der Waals surface area contributed by atoms with Gasteiger partial charge < -0.3 is 30.3 Å². The number of hydroxylamine groups is 2. The van der Waals surface area contributed by atoms with E-state index in [1.165, 1.54) is 6.42 Å². The maximum absolute atomic E-state index is 14.2. The lowest BCUT2D eigenvalue weighted by molar-refractivity contribution is -0.183. The number of rotatable bonds is 18. The van der Waals surface area contributed by atoms with Gasteiger partial charge in [-0.25, -0.2) is 4.79 Å². The Labute approximate surface area is 316 Å². The number of carbonyl (C=O) groups is 2. The number of hydrogen-bond donors (Lipinski definition) is 4. The maximum atomic E-state index is 14.2. The van der Waals surface area contributed by atoms with Crippen LogP contribution in [-0.4, -0.2) is 106 Å². The molecule has 1 amide bonds. The molecule has 1 saturated heterocycles. The fourth-order valence-electron chi connectivity index (χ4n) is 9.48. The second kappa shape index (κ2) is 17.6. The van der Waals surface area contributed by atoms with Crippen LogP contribution >= 0.6 is 0 Å². The molecule has 6 rings (SSSR count). The van der Waals surface area contributed by atoms with E-state index in [0.29, 0.717) is 54.5 Å². The summed E-state index contributed by atoms with van der Waals surface area (Å²) in [5.74, 6) is 0.776. The van der Waals surface area contributed by atoms with Crippen molar-refractivity contribution in [2.24, 2.45) is 35.0 Å². The molecule has 9 atom stereocenters. The predicted octanol–water partition coefficient (Wildman–Crippen LogP) is 4.79. The number of ether oxygens (including phenoxy) is 1. The first kappa shape index (κ1) is 41.1. The molecule has 0 aromatic heterocycles. The third-order valence-electron chi connectivity index (χ3n) is 12.3. The van der Waals surface area contributed by atoms with E-state index in [1.807, 2.05) is 36.4 Å². The van der Waals surface area contributed by atoms with E-state index < -0.39 is 36.7 Å². The summed E-state index contributed by atoms with van der Waals surface area (Å²) >= 11 is 0. The quantitative estimate of drug-likeness (QED) is 0.169. The number of carboxylic acid groups (broad SMARTS) is 1. The predicted molar refractivity (Wildman–Crippen MR) is 205 cm³/mol. The van der Waals surface area contributed by atoms with Crippen LogP contribution in [0.1, 0.15) is 77.5 Å². The monoisotopic (exact) mass is 736 g/mol. The molecular weight excluding hydrogens is 672 g/mol. The van der Waals surface area contributed by atoms with Crippen LogP contribution in [0.4, 0.5) is 0 Å². The van der Waals surface area contributed by atoms with Gasteiger partial charge in [0.05, 0.1) is 19.3 Å². The van der Waals surface area contributed by atoms with Crippen LogP contribution in [-0.2, 0) is 34.1 Å². The highest BCUT2D eigenvalue weighted by atomic mass is 16.7. The molecule has 1 heterocycles. The largest absolute Gasteiger partial charge is 0.482 e. The Hall–Kier alpha value is -3.06. The lowest BCUT2D eigenvalue weighted by atomic mass is 9.45. The molecule has 2 aromatic rings. The minimum Gasteiger partial charge on any atom is -0.482 e. The Morgan fingerprint density at radius 3 is 2.40 bits per heavy atom. The number of carbonyl (C=O) groups excluding carboxylic acids is 1. The Morgan fingerprint density at radius 2 is 1.77 bits per heavy atom. The molecule has 0 radical (unpaired) electrons. The summed E-state index contributed by atoms with van der Waals surface area (Å²) in [5, 5.41) is 35.5. The standard InChI is InChI=1S/C42H64N4O7/c1-26(2)16-33(23-44(7)8)45(22-31-14-9-10-15-36(31)52-25-38(49)50)20-29-12-11-13-30(17-29)21-46-40(39(28(4)48)37(24-47)53-46)41(51)43-35-19-32-18-34(27(35)3)42(32,5)6/h9-15,17,26-28,32-35,37,39-40,47-48H,16,18-25H2,1-8H3,(H,43,51)(H,49,50)/t27-,28-,32-,33-,34+,35-,37-,39+,40-/m0/s1. The van der Waals surface area contributed by atoms with Crippen molar-refractivity contribution in [1.29, 1.82) is 0 Å². The number of hydrogen-bond acceptors (Lipinski definition) is 9. The van der Waals surface area contributed by atoms with Gasteiger partial charge in [0.25, 0.3) is 0 Å². The summed E-state index contributed by atoms with van der Waals surface area (Å²) in [6.07, 6.45) is 1.57. The van der Waals surface area contributed by atoms with Gasteiger partial charge in [-0.3, -0.25) is 14.5 Å². The number of likely N-dealkylation sites (N-methyl/N-ethyl adjacent to an activating group) is 1. The van der Waals surface area contributed by atoms with E-state index in [2.05, 4.69) is 76.0 Å². The van der Waals surface area contributed by atoms with E-state index in [4.69, 9.17) is 9.57 Å². The van der Waals surface area contributed by atoms with Gasteiger partial charge in [0, 0.05) is 43.2 Å². The molecule has 3 saturated carbocycles. The van der Waals surface area contributed by atoms with Gasteiger partial charge in [0.1, 0.15) is 17.9 Å². The number of para-hydroxylation sites is 1. The zero-order valence-electron chi connectivity index (χ0n) is 33.1. The number of aliphatic hydroxyl groups excluding tert-OH is 2. The third kappa shape index (κ3) is 9.79. The minimum absolute atomic E-state index is 0.0684. The van der Waals surface area contributed by atoms with Crippen LogP contribution in [0.25, 0.3) is 0 Å². The topological polar surface area (TPSA) is 135 Å². The molecule has 0 spiro atoms. The van der Waals surface area contributed by atoms with E-state index in [9.17, 15) is 24.9 Å². The Balaban J connectivity index is 1.38. The summed E-state index contributed by atoms with van der Waals surface area (Å²) in [4.78, 5) is 36.4. The molecule has 3 aliphatic carbocycles. The van der Waals surface area contributed by atoms with E-state index in [1.54, 1.807) is 12.0 Å². The molecule has 2 aromatic carbocycles. The minimum atomic E-state index is -1.02. The molecule has 1 aliphatic heterocycles. The summed E-state index contributed by atoms with van der Waals surface area (Å²) in [7, 11) is 4.16. The Morgan fingerprint density at radius 1 is 1.06 bits per heavy atom. The molecule has 11 nitrogen and oxygen atoms in total. The maximum Gasteiger partial charge on any atom is 0.341 e. The van der Waals surface area contributed by atoms with E-state index >= 15 is 0 Å². The van der Waals surface area contributed by atoms with Crippen molar-refractivity contribution in [1.82, 2.24) is 20.2 Å². The van der Waals surface area contributed by atoms with Gasteiger partial charge >= 0.3 is 5.97 Å². The second-order valence-corrected chi connectivity index (χ2v) is 17.3. The fraction of sp³-hybridized carbons (Fsp3) is 0.667. The number of fused-ring (bicyclic) bond motifs is 2. The van der Waals surface area contributed by atoms with Gasteiger partial charge in [-0.1, -0.05) is 77.1 Å². The molecule has 2 bridgehead atoms. The molecule has 53 heavy (non-hydrogen) atoms. The first-order valence-corrected chi connectivity index (χ1v) is 19.5. The third-order valence-corrected chi connectivity index (χ3v) is 12.3. The van der Waals surface area contributed by atoms with Crippen molar-refractivity contribution in [2.45, 2.75) is 111 Å². The van der Waals surface area contributed by atoms with Crippen LogP contribution in [0.3, 0.4) is 0 Å². The number of nitrogens with one attached hydrogen (secondary N) is 1. The van der Waals surface area contributed by atoms with Crippen molar-refractivity contribution >= 4 is 11.9 Å². The first-order chi connectivity index (χ1) is 25.1. The average molecular weight is 737 g/mol. The SMILES string of the molecule is CC(C)C[C@@H](CN(C)C)N(Cc1cccc(CN2O[C@@H](CO)[C@@H]([C@H](C)O)[C@H]2C(=O)N[C@H]2C[C@@H]3C[C@H]([C@@H]2C)C3(C)C)c1)Cc1ccccc1OCC(=O)O. The molecular formula is C42H64N4O7. The number of aliphatic hydroxyl groups is 2. The summed E-state index contributed by atoms with van der Waals surface area (Å²) in [6.45, 7) is 14.7. The van der Waals surface area contributed by atoms with E-state index in [-0.39, 0.29) is 24.6 Å². The van der Waals surface area contributed by atoms with Crippen molar-refractivity contribution in [3.05, 3.63) is 65.2 Å². The highest BCUT2D eigenvalue weighted by molar-refractivity contribution is 5.82. The normalized spacial score (nSPS) is 27.8. The summed E-state index contributed by atoms with van der Waals surface area (Å²) in [5.41, 5.74) is 3.26. The van der Waals surface area contributed by atoms with Gasteiger partial charge in [-0.2, -0.15) is 5.06 Å². The van der Waals surface area contributed by atoms with Crippen LogP contribution in [0, 0.1) is 35.0 Å². The zero-order chi connectivity index (χ0) is 38.6. The van der Waals surface area contributed by atoms with Crippen LogP contribution < -0.4 is 10.1 Å². The fourth-order valence-corrected chi connectivity index (χ4v) is 9.48. The van der Waals surface area contributed by atoms with Crippen LogP contribution in [0.5, 0.6) is 5.75 Å². The number of amides is 1. The molecule has 294 valence electrons. The number of aliphatic carboxylic acids is 1. The van der Waals surface area contributed by atoms with Crippen molar-refractivity contribution < 1.29 is 34.5 Å². The van der Waals surface area contributed by atoms with Gasteiger partial charge in [-0.15, -0.1) is 0 Å². The lowest BCUT2D eigenvalue weighted by Gasteiger charge is -2.62.